The largest absolute Gasteiger partial charge is 0.456 e. The molecule has 0 unspecified atom stereocenters. The van der Waals surface area contributed by atoms with E-state index in [-0.39, 0.29) is 0 Å². The van der Waals surface area contributed by atoms with Crippen molar-refractivity contribution < 1.29 is 4.42 Å². The topological polar surface area (TPSA) is 16.4 Å². The number of furan rings is 1. The van der Waals surface area contributed by atoms with Crippen molar-refractivity contribution in [3.05, 3.63) is 212 Å². The van der Waals surface area contributed by atoms with Crippen LogP contribution in [0.15, 0.2) is 217 Å². The minimum absolute atomic E-state index is 0.860. The molecule has 3 heteroatoms. The highest BCUT2D eigenvalue weighted by molar-refractivity contribution is 7.26. The lowest BCUT2D eigenvalue weighted by atomic mass is 9.98. The molecule has 0 bridgehead atoms. The zero-order valence-electron chi connectivity index (χ0n) is 31.0. The van der Waals surface area contributed by atoms with Crippen LogP contribution in [0, 0.1) is 0 Å². The lowest BCUT2D eigenvalue weighted by Gasteiger charge is -2.27. The molecule has 2 nitrogen and oxygen atoms in total. The molecule has 9 aromatic carbocycles. The van der Waals surface area contributed by atoms with Crippen molar-refractivity contribution in [1.29, 1.82) is 0 Å². The van der Waals surface area contributed by atoms with Gasteiger partial charge in [0.05, 0.1) is 5.69 Å². The van der Waals surface area contributed by atoms with Crippen LogP contribution in [0.5, 0.6) is 0 Å². The van der Waals surface area contributed by atoms with Gasteiger partial charge in [0.2, 0.25) is 0 Å². The summed E-state index contributed by atoms with van der Waals surface area (Å²) in [6.45, 7) is 0. The minimum atomic E-state index is 0.860. The summed E-state index contributed by atoms with van der Waals surface area (Å²) in [4.78, 5) is 2.41. The number of hydrogen-bond donors (Lipinski definition) is 0. The van der Waals surface area contributed by atoms with Crippen LogP contribution in [0.25, 0.3) is 86.6 Å². The average Bonchev–Trinajstić information content (AvgIpc) is 3.86. The number of anilines is 3. The zero-order valence-corrected chi connectivity index (χ0v) is 31.8. The van der Waals surface area contributed by atoms with Gasteiger partial charge in [-0.05, 0) is 93.0 Å². The molecule has 11 aromatic rings. The van der Waals surface area contributed by atoms with E-state index in [1.54, 1.807) is 0 Å². The fourth-order valence-electron chi connectivity index (χ4n) is 8.28. The molecule has 0 radical (unpaired) electrons. The lowest BCUT2D eigenvalue weighted by Crippen LogP contribution is -2.10. The van der Waals surface area contributed by atoms with Gasteiger partial charge in [0.1, 0.15) is 11.2 Å². The van der Waals surface area contributed by atoms with E-state index < -0.39 is 0 Å². The third-order valence-corrected chi connectivity index (χ3v) is 12.3. The highest BCUT2D eigenvalue weighted by Gasteiger charge is 2.22. The Morgan fingerprint density at radius 3 is 1.46 bits per heavy atom. The van der Waals surface area contributed by atoms with Gasteiger partial charge in [0, 0.05) is 48.4 Å². The molecular formula is C54H35NOS. The van der Waals surface area contributed by atoms with Gasteiger partial charge in [-0.1, -0.05) is 158 Å². The first kappa shape index (κ1) is 33.2. The van der Waals surface area contributed by atoms with Crippen LogP contribution >= 0.6 is 11.3 Å². The van der Waals surface area contributed by atoms with E-state index in [0.29, 0.717) is 0 Å². The van der Waals surface area contributed by atoms with Gasteiger partial charge in [-0.15, -0.1) is 11.3 Å². The van der Waals surface area contributed by atoms with Gasteiger partial charge < -0.3 is 9.32 Å². The Labute approximate surface area is 335 Å². The van der Waals surface area contributed by atoms with Gasteiger partial charge >= 0.3 is 0 Å². The van der Waals surface area contributed by atoms with Gasteiger partial charge in [-0.3, -0.25) is 0 Å². The van der Waals surface area contributed by atoms with E-state index >= 15 is 0 Å². The molecule has 2 aromatic heterocycles. The fraction of sp³-hybridized carbons (Fsp3) is 0. The second-order valence-corrected chi connectivity index (χ2v) is 15.5. The minimum Gasteiger partial charge on any atom is -0.456 e. The molecule has 2 heterocycles. The standard InChI is InChI=1S/C54H35NOS/c1-5-13-36(14-6-1)39-21-25-43(26-22-39)55(44-27-30-47-46-28-23-41(37-15-7-2-8-16-37)33-50(46)56-51(47)35-44)49-32-31-45(40-19-11-4-12-20-40)54-53(49)48-29-24-42(34-52(48)57-54)38-17-9-3-10-18-38/h1-35H. The predicted octanol–water partition coefficient (Wildman–Crippen LogP) is 16.1. The first-order chi connectivity index (χ1) is 28.2. The fourth-order valence-corrected chi connectivity index (χ4v) is 9.58. The van der Waals surface area contributed by atoms with Crippen LogP contribution in [-0.2, 0) is 0 Å². The number of rotatable bonds is 7. The molecule has 57 heavy (non-hydrogen) atoms. The molecule has 0 amide bonds. The Morgan fingerprint density at radius 1 is 0.351 bits per heavy atom. The van der Waals surface area contributed by atoms with Crippen molar-refractivity contribution in [3.8, 4) is 44.5 Å². The quantitative estimate of drug-likeness (QED) is 0.162. The lowest BCUT2D eigenvalue weighted by molar-refractivity contribution is 0.669. The Hall–Kier alpha value is -7.20. The molecule has 0 aliphatic rings. The van der Waals surface area contributed by atoms with Crippen LogP contribution in [0.3, 0.4) is 0 Å². The second kappa shape index (κ2) is 13.8. The zero-order chi connectivity index (χ0) is 37.7. The highest BCUT2D eigenvalue weighted by atomic mass is 32.1. The second-order valence-electron chi connectivity index (χ2n) is 14.5. The van der Waals surface area contributed by atoms with E-state index in [2.05, 4.69) is 217 Å². The predicted molar refractivity (Wildman–Crippen MR) is 243 cm³/mol. The average molecular weight is 746 g/mol. The molecule has 0 aliphatic heterocycles. The molecule has 0 spiro atoms. The summed E-state index contributed by atoms with van der Waals surface area (Å²) in [6, 6.07) is 76.2. The monoisotopic (exact) mass is 745 g/mol. The number of thiophene rings is 1. The summed E-state index contributed by atoms with van der Waals surface area (Å²) >= 11 is 1.87. The Kier molecular flexibility index (Phi) is 8.04. The van der Waals surface area contributed by atoms with Crippen molar-refractivity contribution in [3.63, 3.8) is 0 Å². The third-order valence-electron chi connectivity index (χ3n) is 11.1. The van der Waals surface area contributed by atoms with E-state index in [0.717, 1.165) is 44.6 Å². The summed E-state index contributed by atoms with van der Waals surface area (Å²) in [5.74, 6) is 0. The van der Waals surface area contributed by atoms with E-state index in [1.807, 2.05) is 11.3 Å². The van der Waals surface area contributed by atoms with Crippen molar-refractivity contribution >= 4 is 70.5 Å². The van der Waals surface area contributed by atoms with Crippen molar-refractivity contribution in [2.75, 3.05) is 4.90 Å². The summed E-state index contributed by atoms with van der Waals surface area (Å²) in [5.41, 5.74) is 14.5. The van der Waals surface area contributed by atoms with Crippen molar-refractivity contribution in [2.24, 2.45) is 0 Å². The first-order valence-electron chi connectivity index (χ1n) is 19.3. The summed E-state index contributed by atoms with van der Waals surface area (Å²) < 4.78 is 9.23. The molecule has 0 N–H and O–H groups in total. The molecule has 268 valence electrons. The maximum atomic E-state index is 6.70. The van der Waals surface area contributed by atoms with Gasteiger partial charge in [-0.25, -0.2) is 0 Å². The Bertz CT molecular complexity index is 3200. The SMILES string of the molecule is c1ccc(-c2ccc(N(c3ccc4c(c3)oc3cc(-c5ccccc5)ccc34)c3ccc(-c4ccccc4)c4sc5cc(-c6ccccc6)ccc5c34)cc2)cc1. The molecule has 0 saturated heterocycles. The van der Waals surface area contributed by atoms with E-state index in [9.17, 15) is 0 Å². The molecule has 0 atom stereocenters. The third kappa shape index (κ3) is 5.88. The maximum Gasteiger partial charge on any atom is 0.137 e. The number of fused-ring (bicyclic) bond motifs is 6. The highest BCUT2D eigenvalue weighted by Crippen LogP contribution is 2.49. The molecule has 11 rings (SSSR count). The van der Waals surface area contributed by atoms with Crippen LogP contribution < -0.4 is 4.90 Å². The molecule has 0 saturated carbocycles. The van der Waals surface area contributed by atoms with E-state index in [1.165, 1.54) is 59.1 Å². The van der Waals surface area contributed by atoms with Crippen LogP contribution in [-0.4, -0.2) is 0 Å². The number of benzene rings is 9. The van der Waals surface area contributed by atoms with Gasteiger partial charge in [-0.2, -0.15) is 0 Å². The maximum absolute atomic E-state index is 6.70. The van der Waals surface area contributed by atoms with E-state index in [4.69, 9.17) is 4.42 Å². The van der Waals surface area contributed by atoms with Gasteiger partial charge in [0.25, 0.3) is 0 Å². The molecular weight excluding hydrogens is 711 g/mol. The Balaban J connectivity index is 1.14. The first-order valence-corrected chi connectivity index (χ1v) is 20.1. The molecule has 0 aliphatic carbocycles. The van der Waals surface area contributed by atoms with Crippen LogP contribution in [0.4, 0.5) is 17.1 Å². The smallest absolute Gasteiger partial charge is 0.137 e. The van der Waals surface area contributed by atoms with Crippen LogP contribution in [0.2, 0.25) is 0 Å². The van der Waals surface area contributed by atoms with Crippen molar-refractivity contribution in [1.82, 2.24) is 0 Å². The Morgan fingerprint density at radius 2 is 0.825 bits per heavy atom. The summed E-state index contributed by atoms with van der Waals surface area (Å²) in [5, 5.41) is 4.70. The summed E-state index contributed by atoms with van der Waals surface area (Å²) in [6.07, 6.45) is 0. The number of nitrogens with zero attached hydrogens (tertiary/aromatic N) is 1. The van der Waals surface area contributed by atoms with Crippen molar-refractivity contribution in [2.45, 2.75) is 0 Å². The van der Waals surface area contributed by atoms with Gasteiger partial charge in [0.15, 0.2) is 0 Å². The normalized spacial score (nSPS) is 11.5. The molecule has 0 fully saturated rings. The van der Waals surface area contributed by atoms with Crippen LogP contribution in [0.1, 0.15) is 0 Å². The summed E-state index contributed by atoms with van der Waals surface area (Å²) in [7, 11) is 0. The number of hydrogen-bond acceptors (Lipinski definition) is 3.